The van der Waals surface area contributed by atoms with Crippen LogP contribution in [0, 0.1) is 0 Å². The molecule has 2 heterocycles. The van der Waals surface area contributed by atoms with Crippen LogP contribution >= 0.6 is 15.9 Å². The molecule has 0 atom stereocenters. The SMILES string of the molecule is Nc1cn(Cc2ccc(Br)cc2)nc1-c1ccccn1. The van der Waals surface area contributed by atoms with Crippen LogP contribution in [-0.4, -0.2) is 14.8 Å². The molecule has 2 N–H and O–H groups in total. The Morgan fingerprint density at radius 2 is 1.90 bits per heavy atom. The van der Waals surface area contributed by atoms with E-state index in [1.54, 1.807) is 6.20 Å². The van der Waals surface area contributed by atoms with Crippen LogP contribution < -0.4 is 5.73 Å². The van der Waals surface area contributed by atoms with E-state index in [-0.39, 0.29) is 0 Å². The Bertz CT molecular complexity index is 704. The summed E-state index contributed by atoms with van der Waals surface area (Å²) in [7, 11) is 0. The van der Waals surface area contributed by atoms with E-state index in [2.05, 4.69) is 38.1 Å². The lowest BCUT2D eigenvalue weighted by atomic mass is 10.2. The maximum atomic E-state index is 6.02. The van der Waals surface area contributed by atoms with Crippen molar-refractivity contribution in [1.29, 1.82) is 0 Å². The summed E-state index contributed by atoms with van der Waals surface area (Å²) in [4.78, 5) is 4.28. The first-order valence-corrected chi connectivity index (χ1v) is 7.00. The Hall–Kier alpha value is -2.14. The molecule has 0 unspecified atom stereocenters. The summed E-state index contributed by atoms with van der Waals surface area (Å²) in [6, 6.07) is 13.9. The van der Waals surface area contributed by atoms with Gasteiger partial charge in [0, 0.05) is 16.9 Å². The number of pyridine rings is 1. The van der Waals surface area contributed by atoms with Gasteiger partial charge in [0.25, 0.3) is 0 Å². The zero-order chi connectivity index (χ0) is 13.9. The topological polar surface area (TPSA) is 56.7 Å². The summed E-state index contributed by atoms with van der Waals surface area (Å²) in [6.45, 7) is 0.685. The van der Waals surface area contributed by atoms with E-state index in [9.17, 15) is 0 Å². The first kappa shape index (κ1) is 12.9. The number of halogens is 1. The number of hydrogen-bond acceptors (Lipinski definition) is 3. The summed E-state index contributed by atoms with van der Waals surface area (Å²) in [6.07, 6.45) is 3.58. The van der Waals surface area contributed by atoms with Crippen LogP contribution in [0.3, 0.4) is 0 Å². The number of nitrogens with zero attached hydrogens (tertiary/aromatic N) is 3. The fourth-order valence-electron chi connectivity index (χ4n) is 2.00. The largest absolute Gasteiger partial charge is 0.396 e. The number of nitrogens with two attached hydrogens (primary N) is 1. The molecule has 20 heavy (non-hydrogen) atoms. The molecule has 0 aliphatic rings. The monoisotopic (exact) mass is 328 g/mol. The summed E-state index contributed by atoms with van der Waals surface area (Å²) in [5.74, 6) is 0. The maximum absolute atomic E-state index is 6.02. The van der Waals surface area contributed by atoms with Gasteiger partial charge in [-0.15, -0.1) is 0 Å². The number of hydrogen-bond donors (Lipinski definition) is 1. The van der Waals surface area contributed by atoms with E-state index in [1.165, 1.54) is 5.56 Å². The van der Waals surface area contributed by atoms with Gasteiger partial charge in [-0.25, -0.2) is 0 Å². The van der Waals surface area contributed by atoms with Gasteiger partial charge in [-0.3, -0.25) is 9.67 Å². The molecule has 5 heteroatoms. The molecule has 0 saturated heterocycles. The van der Waals surface area contributed by atoms with Crippen molar-refractivity contribution in [2.24, 2.45) is 0 Å². The second-order valence-electron chi connectivity index (χ2n) is 4.47. The Morgan fingerprint density at radius 1 is 1.10 bits per heavy atom. The number of anilines is 1. The normalized spacial score (nSPS) is 10.7. The van der Waals surface area contributed by atoms with E-state index < -0.39 is 0 Å². The van der Waals surface area contributed by atoms with E-state index in [1.807, 2.05) is 41.2 Å². The van der Waals surface area contributed by atoms with Gasteiger partial charge in [0.1, 0.15) is 5.69 Å². The highest BCUT2D eigenvalue weighted by atomic mass is 79.9. The first-order chi connectivity index (χ1) is 9.72. The zero-order valence-corrected chi connectivity index (χ0v) is 12.3. The number of rotatable bonds is 3. The molecule has 3 aromatic rings. The van der Waals surface area contributed by atoms with Crippen LogP contribution in [0.4, 0.5) is 5.69 Å². The van der Waals surface area contributed by atoms with Crippen molar-refractivity contribution < 1.29 is 0 Å². The highest BCUT2D eigenvalue weighted by Crippen LogP contribution is 2.22. The van der Waals surface area contributed by atoms with Crippen molar-refractivity contribution in [3.63, 3.8) is 0 Å². The van der Waals surface area contributed by atoms with Crippen molar-refractivity contribution in [2.45, 2.75) is 6.54 Å². The minimum Gasteiger partial charge on any atom is -0.396 e. The summed E-state index contributed by atoms with van der Waals surface area (Å²) in [5, 5.41) is 4.52. The Morgan fingerprint density at radius 3 is 2.60 bits per heavy atom. The highest BCUT2D eigenvalue weighted by Gasteiger charge is 2.09. The first-order valence-electron chi connectivity index (χ1n) is 6.21. The molecule has 0 spiro atoms. The Kier molecular flexibility index (Phi) is 3.52. The molecule has 4 nitrogen and oxygen atoms in total. The highest BCUT2D eigenvalue weighted by molar-refractivity contribution is 9.10. The molecular weight excluding hydrogens is 316 g/mol. The second-order valence-corrected chi connectivity index (χ2v) is 5.39. The average molecular weight is 329 g/mol. The molecule has 0 amide bonds. The van der Waals surface area contributed by atoms with Gasteiger partial charge in [0.05, 0.1) is 17.9 Å². The van der Waals surface area contributed by atoms with Crippen LogP contribution in [0.1, 0.15) is 5.56 Å². The summed E-state index contributed by atoms with van der Waals surface area (Å²) in [5.41, 5.74) is 9.35. The van der Waals surface area contributed by atoms with Crippen LogP contribution in [-0.2, 0) is 6.54 Å². The molecule has 0 bridgehead atoms. The van der Waals surface area contributed by atoms with Crippen molar-refractivity contribution in [1.82, 2.24) is 14.8 Å². The summed E-state index contributed by atoms with van der Waals surface area (Å²) >= 11 is 3.43. The van der Waals surface area contributed by atoms with E-state index in [0.29, 0.717) is 12.2 Å². The Labute approximate surface area is 125 Å². The lowest BCUT2D eigenvalue weighted by Crippen LogP contribution is -2.00. The molecule has 0 saturated carbocycles. The fourth-order valence-corrected chi connectivity index (χ4v) is 2.26. The zero-order valence-electron chi connectivity index (χ0n) is 10.7. The number of nitrogen functional groups attached to an aromatic ring is 1. The van der Waals surface area contributed by atoms with Gasteiger partial charge in [-0.2, -0.15) is 5.10 Å². The molecule has 0 radical (unpaired) electrons. The van der Waals surface area contributed by atoms with Crippen molar-refractivity contribution in [3.05, 3.63) is 64.9 Å². The number of aromatic nitrogens is 3. The maximum Gasteiger partial charge on any atom is 0.134 e. The van der Waals surface area contributed by atoms with Gasteiger partial charge < -0.3 is 5.73 Å². The third-order valence-electron chi connectivity index (χ3n) is 2.96. The molecule has 100 valence electrons. The molecule has 1 aromatic carbocycles. The smallest absolute Gasteiger partial charge is 0.134 e. The van der Waals surface area contributed by atoms with Crippen LogP contribution in [0.2, 0.25) is 0 Å². The van der Waals surface area contributed by atoms with Crippen LogP contribution in [0.15, 0.2) is 59.3 Å². The van der Waals surface area contributed by atoms with Crippen molar-refractivity contribution in [2.75, 3.05) is 5.73 Å². The van der Waals surface area contributed by atoms with Crippen LogP contribution in [0.5, 0.6) is 0 Å². The molecular formula is C15H13BrN4. The van der Waals surface area contributed by atoms with Crippen molar-refractivity contribution >= 4 is 21.6 Å². The summed E-state index contributed by atoms with van der Waals surface area (Å²) < 4.78 is 2.90. The predicted octanol–water partition coefficient (Wildman–Crippen LogP) is 3.34. The lowest BCUT2D eigenvalue weighted by Gasteiger charge is -2.01. The quantitative estimate of drug-likeness (QED) is 0.802. The molecule has 0 fully saturated rings. The second kappa shape index (κ2) is 5.46. The predicted molar refractivity (Wildman–Crippen MR) is 83.1 cm³/mol. The average Bonchev–Trinajstić information content (AvgIpc) is 2.83. The molecule has 2 aromatic heterocycles. The molecule has 3 rings (SSSR count). The number of benzene rings is 1. The van der Waals surface area contributed by atoms with Gasteiger partial charge in [-0.1, -0.05) is 34.1 Å². The van der Waals surface area contributed by atoms with Gasteiger partial charge in [0.2, 0.25) is 0 Å². The third-order valence-corrected chi connectivity index (χ3v) is 3.48. The molecule has 0 aliphatic heterocycles. The van der Waals surface area contributed by atoms with Crippen molar-refractivity contribution in [3.8, 4) is 11.4 Å². The lowest BCUT2D eigenvalue weighted by molar-refractivity contribution is 0.689. The fraction of sp³-hybridized carbons (Fsp3) is 0.0667. The van der Waals surface area contributed by atoms with E-state index >= 15 is 0 Å². The Balaban J connectivity index is 1.87. The van der Waals surface area contributed by atoms with Crippen LogP contribution in [0.25, 0.3) is 11.4 Å². The van der Waals surface area contributed by atoms with Gasteiger partial charge in [0.15, 0.2) is 0 Å². The van der Waals surface area contributed by atoms with E-state index in [4.69, 9.17) is 5.73 Å². The minimum atomic E-state index is 0.640. The molecule has 0 aliphatic carbocycles. The minimum absolute atomic E-state index is 0.640. The standard InChI is InChI=1S/C15H13BrN4/c16-12-6-4-11(5-7-12)9-20-10-13(17)15(19-20)14-3-1-2-8-18-14/h1-8,10H,9,17H2. The third kappa shape index (κ3) is 2.72. The van der Waals surface area contributed by atoms with E-state index in [0.717, 1.165) is 15.9 Å². The van der Waals surface area contributed by atoms with Gasteiger partial charge in [-0.05, 0) is 29.8 Å². The van der Waals surface area contributed by atoms with Gasteiger partial charge >= 0.3 is 0 Å².